The van der Waals surface area contributed by atoms with E-state index in [2.05, 4.69) is 31.9 Å². The molecule has 0 aromatic heterocycles. The standard InChI is InChI=1S/C12H14Br2O2/c1-7-4-10(14)8(5-9(7)13)12(2,3)6-11(15)16/h4-5H,6H2,1-3H3,(H,15,16). The summed E-state index contributed by atoms with van der Waals surface area (Å²) in [6.07, 6.45) is 0.112. The van der Waals surface area contributed by atoms with E-state index in [1.807, 2.05) is 32.9 Å². The van der Waals surface area contributed by atoms with Crippen LogP contribution in [0.1, 0.15) is 31.4 Å². The summed E-state index contributed by atoms with van der Waals surface area (Å²) in [6, 6.07) is 3.99. The molecule has 0 spiro atoms. The molecular weight excluding hydrogens is 336 g/mol. The number of aliphatic carboxylic acids is 1. The van der Waals surface area contributed by atoms with E-state index in [1.165, 1.54) is 0 Å². The van der Waals surface area contributed by atoms with Gasteiger partial charge in [0.05, 0.1) is 6.42 Å². The number of benzene rings is 1. The molecule has 0 saturated carbocycles. The van der Waals surface area contributed by atoms with Gasteiger partial charge in [-0.05, 0) is 30.2 Å². The van der Waals surface area contributed by atoms with E-state index in [0.29, 0.717) is 0 Å². The molecule has 1 rings (SSSR count). The lowest BCUT2D eigenvalue weighted by Crippen LogP contribution is -2.22. The molecule has 1 aromatic carbocycles. The first-order valence-corrected chi connectivity index (χ1v) is 6.50. The van der Waals surface area contributed by atoms with Gasteiger partial charge in [-0.3, -0.25) is 4.79 Å². The van der Waals surface area contributed by atoms with E-state index in [1.54, 1.807) is 0 Å². The van der Waals surface area contributed by atoms with E-state index in [0.717, 1.165) is 20.1 Å². The Kier molecular flexibility index (Phi) is 4.18. The van der Waals surface area contributed by atoms with Gasteiger partial charge in [-0.2, -0.15) is 0 Å². The number of carboxylic acid groups (broad SMARTS) is 1. The topological polar surface area (TPSA) is 37.3 Å². The molecule has 2 nitrogen and oxygen atoms in total. The van der Waals surface area contributed by atoms with Gasteiger partial charge in [0.15, 0.2) is 0 Å². The normalized spacial score (nSPS) is 11.6. The Morgan fingerprint density at radius 1 is 1.31 bits per heavy atom. The lowest BCUT2D eigenvalue weighted by molar-refractivity contribution is -0.138. The van der Waals surface area contributed by atoms with Crippen molar-refractivity contribution in [3.63, 3.8) is 0 Å². The van der Waals surface area contributed by atoms with E-state index in [4.69, 9.17) is 5.11 Å². The van der Waals surface area contributed by atoms with Gasteiger partial charge in [0.2, 0.25) is 0 Å². The number of rotatable bonds is 3. The molecule has 0 fully saturated rings. The molecule has 0 aliphatic heterocycles. The number of aryl methyl sites for hydroxylation is 1. The summed E-state index contributed by atoms with van der Waals surface area (Å²) in [6.45, 7) is 5.87. The third kappa shape index (κ3) is 3.08. The Morgan fingerprint density at radius 3 is 2.38 bits per heavy atom. The Morgan fingerprint density at radius 2 is 1.88 bits per heavy atom. The van der Waals surface area contributed by atoms with Crippen LogP contribution < -0.4 is 0 Å². The quantitative estimate of drug-likeness (QED) is 0.884. The van der Waals surface area contributed by atoms with E-state index >= 15 is 0 Å². The fraction of sp³-hybridized carbons (Fsp3) is 0.417. The van der Waals surface area contributed by atoms with Gasteiger partial charge in [-0.25, -0.2) is 0 Å². The molecule has 0 amide bonds. The highest BCUT2D eigenvalue weighted by Gasteiger charge is 2.26. The van der Waals surface area contributed by atoms with Crippen LogP contribution in [0.2, 0.25) is 0 Å². The van der Waals surface area contributed by atoms with Crippen molar-refractivity contribution in [1.82, 2.24) is 0 Å². The van der Waals surface area contributed by atoms with Gasteiger partial charge in [0.25, 0.3) is 0 Å². The molecular formula is C12H14Br2O2. The van der Waals surface area contributed by atoms with Crippen LogP contribution in [0.25, 0.3) is 0 Å². The van der Waals surface area contributed by atoms with Crippen LogP contribution in [0, 0.1) is 6.92 Å². The van der Waals surface area contributed by atoms with Crippen LogP contribution in [0.15, 0.2) is 21.1 Å². The maximum atomic E-state index is 10.8. The maximum absolute atomic E-state index is 10.8. The molecule has 1 N–H and O–H groups in total. The zero-order chi connectivity index (χ0) is 12.5. The third-order valence-electron chi connectivity index (χ3n) is 2.57. The molecule has 0 heterocycles. The first kappa shape index (κ1) is 13.7. The molecule has 0 atom stereocenters. The van der Waals surface area contributed by atoms with Crippen molar-refractivity contribution in [3.8, 4) is 0 Å². The summed E-state index contributed by atoms with van der Waals surface area (Å²) in [7, 11) is 0. The smallest absolute Gasteiger partial charge is 0.304 e. The van der Waals surface area contributed by atoms with Crippen LogP contribution >= 0.6 is 31.9 Å². The molecule has 88 valence electrons. The molecule has 0 bridgehead atoms. The maximum Gasteiger partial charge on any atom is 0.304 e. The zero-order valence-corrected chi connectivity index (χ0v) is 12.6. The third-order valence-corrected chi connectivity index (χ3v) is 4.08. The number of halogens is 2. The van der Waals surface area contributed by atoms with E-state index in [9.17, 15) is 4.79 Å². The van der Waals surface area contributed by atoms with Crippen molar-refractivity contribution in [2.75, 3.05) is 0 Å². The van der Waals surface area contributed by atoms with Gasteiger partial charge in [0.1, 0.15) is 0 Å². The summed E-state index contributed by atoms with van der Waals surface area (Å²) in [5.74, 6) is -0.784. The minimum atomic E-state index is -0.784. The molecule has 4 heteroatoms. The van der Waals surface area contributed by atoms with Crippen LogP contribution in [0.5, 0.6) is 0 Å². The Balaban J connectivity index is 3.22. The number of carboxylic acids is 1. The summed E-state index contributed by atoms with van der Waals surface area (Å²) in [4.78, 5) is 10.8. The lowest BCUT2D eigenvalue weighted by atomic mass is 9.81. The summed E-state index contributed by atoms with van der Waals surface area (Å²) in [5.41, 5.74) is 1.75. The molecule has 0 unspecified atom stereocenters. The van der Waals surface area contributed by atoms with Crippen molar-refractivity contribution in [1.29, 1.82) is 0 Å². The highest BCUT2D eigenvalue weighted by Crippen LogP contribution is 2.36. The number of carbonyl (C=O) groups is 1. The predicted octanol–water partition coefficient (Wildman–Crippen LogP) is 4.27. The molecule has 0 radical (unpaired) electrons. The zero-order valence-electron chi connectivity index (χ0n) is 9.47. The average Bonchev–Trinajstić information content (AvgIpc) is 2.08. The fourth-order valence-corrected chi connectivity index (χ4v) is 2.98. The van der Waals surface area contributed by atoms with Gasteiger partial charge < -0.3 is 5.11 Å². The van der Waals surface area contributed by atoms with E-state index in [-0.39, 0.29) is 11.8 Å². The van der Waals surface area contributed by atoms with E-state index < -0.39 is 5.97 Å². The Labute approximate surface area is 112 Å². The minimum Gasteiger partial charge on any atom is -0.481 e. The summed E-state index contributed by atoms with van der Waals surface area (Å²) < 4.78 is 1.96. The van der Waals surface area contributed by atoms with Crippen molar-refractivity contribution in [3.05, 3.63) is 32.2 Å². The average molecular weight is 350 g/mol. The van der Waals surface area contributed by atoms with Crippen LogP contribution in [0.3, 0.4) is 0 Å². The largest absolute Gasteiger partial charge is 0.481 e. The van der Waals surface area contributed by atoms with Crippen molar-refractivity contribution in [2.45, 2.75) is 32.6 Å². The molecule has 0 aliphatic rings. The van der Waals surface area contributed by atoms with Crippen LogP contribution in [0.4, 0.5) is 0 Å². The van der Waals surface area contributed by atoms with Gasteiger partial charge in [0, 0.05) is 14.4 Å². The monoisotopic (exact) mass is 348 g/mol. The predicted molar refractivity (Wildman–Crippen MR) is 71.9 cm³/mol. The lowest BCUT2D eigenvalue weighted by Gasteiger charge is -2.25. The molecule has 0 saturated heterocycles. The van der Waals surface area contributed by atoms with Gasteiger partial charge in [-0.1, -0.05) is 45.7 Å². The Bertz CT molecular complexity index is 425. The molecule has 16 heavy (non-hydrogen) atoms. The first-order valence-electron chi connectivity index (χ1n) is 4.92. The second-order valence-corrected chi connectivity index (χ2v) is 6.24. The van der Waals surface area contributed by atoms with Gasteiger partial charge >= 0.3 is 5.97 Å². The van der Waals surface area contributed by atoms with Crippen LogP contribution in [-0.4, -0.2) is 11.1 Å². The van der Waals surface area contributed by atoms with Crippen molar-refractivity contribution < 1.29 is 9.90 Å². The Hall–Kier alpha value is -0.350. The number of hydrogen-bond acceptors (Lipinski definition) is 1. The minimum absolute atomic E-state index is 0.112. The SMILES string of the molecule is Cc1cc(Br)c(C(C)(C)CC(=O)O)cc1Br. The van der Waals surface area contributed by atoms with Crippen molar-refractivity contribution >= 4 is 37.8 Å². The second kappa shape index (κ2) is 4.88. The van der Waals surface area contributed by atoms with Gasteiger partial charge in [-0.15, -0.1) is 0 Å². The fourth-order valence-electron chi connectivity index (χ4n) is 1.64. The van der Waals surface area contributed by atoms with Crippen molar-refractivity contribution in [2.24, 2.45) is 0 Å². The highest BCUT2D eigenvalue weighted by molar-refractivity contribution is 9.11. The summed E-state index contributed by atoms with van der Waals surface area (Å²) in [5, 5.41) is 8.90. The molecule has 1 aromatic rings. The first-order chi connectivity index (χ1) is 7.24. The highest BCUT2D eigenvalue weighted by atomic mass is 79.9. The number of hydrogen-bond donors (Lipinski definition) is 1. The van der Waals surface area contributed by atoms with Crippen LogP contribution in [-0.2, 0) is 10.2 Å². The second-order valence-electron chi connectivity index (χ2n) is 4.54. The molecule has 0 aliphatic carbocycles. The summed E-state index contributed by atoms with van der Waals surface area (Å²) >= 11 is 6.96.